The molecule has 0 N–H and O–H groups in total. The second-order valence-electron chi connectivity index (χ2n) is 9.83. The van der Waals surface area contributed by atoms with Gasteiger partial charge in [-0.3, -0.25) is 4.98 Å². The SMILES string of the molecule is C[C@@]1(c2nc3ccccc3c3sc4ccccc4c23)C=CC(n2c3ccccc3c3ccccc32)=C1. The van der Waals surface area contributed by atoms with Crippen molar-refractivity contribution in [2.45, 2.75) is 12.3 Å². The second kappa shape index (κ2) is 7.16. The highest BCUT2D eigenvalue weighted by atomic mass is 32.1. The van der Waals surface area contributed by atoms with Crippen molar-refractivity contribution in [3.63, 3.8) is 0 Å². The molecule has 4 aromatic carbocycles. The Morgan fingerprint density at radius 1 is 0.694 bits per heavy atom. The van der Waals surface area contributed by atoms with Gasteiger partial charge in [-0.25, -0.2) is 0 Å². The number of para-hydroxylation sites is 3. The third kappa shape index (κ3) is 2.64. The molecule has 2 nitrogen and oxygen atoms in total. The normalized spacial score (nSPS) is 17.8. The molecule has 1 atom stereocenters. The van der Waals surface area contributed by atoms with Gasteiger partial charge in [0.2, 0.25) is 0 Å². The van der Waals surface area contributed by atoms with Crippen molar-refractivity contribution in [1.82, 2.24) is 9.55 Å². The van der Waals surface area contributed by atoms with Gasteiger partial charge in [-0.05, 0) is 43.3 Å². The molecule has 0 radical (unpaired) electrons. The fourth-order valence-electron chi connectivity index (χ4n) is 5.95. The van der Waals surface area contributed by atoms with Crippen LogP contribution in [0, 0.1) is 0 Å². The number of allylic oxidation sites excluding steroid dienone is 4. The number of pyridine rings is 1. The van der Waals surface area contributed by atoms with Gasteiger partial charge in [0.1, 0.15) is 0 Å². The van der Waals surface area contributed by atoms with Crippen LogP contribution >= 0.6 is 11.3 Å². The van der Waals surface area contributed by atoms with Gasteiger partial charge in [-0.1, -0.05) is 78.9 Å². The van der Waals surface area contributed by atoms with E-state index in [2.05, 4.69) is 127 Å². The van der Waals surface area contributed by atoms with Gasteiger partial charge in [0.15, 0.2) is 0 Å². The summed E-state index contributed by atoms with van der Waals surface area (Å²) in [5, 5.41) is 6.37. The second-order valence-corrected chi connectivity index (χ2v) is 10.9. The quantitative estimate of drug-likeness (QED) is 0.242. The van der Waals surface area contributed by atoms with Gasteiger partial charge in [-0.2, -0.15) is 0 Å². The van der Waals surface area contributed by atoms with Crippen LogP contribution in [0.4, 0.5) is 0 Å². The molecule has 0 amide bonds. The van der Waals surface area contributed by atoms with Crippen LogP contribution in [0.1, 0.15) is 12.6 Å². The smallest absolute Gasteiger partial charge is 0.0720 e. The summed E-state index contributed by atoms with van der Waals surface area (Å²) in [6.07, 6.45) is 7.00. The molecule has 36 heavy (non-hydrogen) atoms. The van der Waals surface area contributed by atoms with Crippen molar-refractivity contribution < 1.29 is 0 Å². The lowest BCUT2D eigenvalue weighted by Gasteiger charge is -2.21. The lowest BCUT2D eigenvalue weighted by atomic mass is 9.85. The van der Waals surface area contributed by atoms with Crippen LogP contribution in [-0.2, 0) is 5.41 Å². The summed E-state index contributed by atoms with van der Waals surface area (Å²) < 4.78 is 5.03. The Balaban J connectivity index is 1.44. The molecule has 0 unspecified atom stereocenters. The number of nitrogens with zero attached hydrogens (tertiary/aromatic N) is 2. The lowest BCUT2D eigenvalue weighted by molar-refractivity contribution is 0.749. The minimum atomic E-state index is -0.325. The maximum absolute atomic E-state index is 5.32. The Morgan fingerprint density at radius 2 is 1.31 bits per heavy atom. The molecule has 0 fully saturated rings. The molecule has 0 saturated carbocycles. The van der Waals surface area contributed by atoms with Crippen LogP contribution in [0.3, 0.4) is 0 Å². The van der Waals surface area contributed by atoms with Gasteiger partial charge in [0.25, 0.3) is 0 Å². The van der Waals surface area contributed by atoms with Gasteiger partial charge in [0, 0.05) is 47.4 Å². The zero-order chi connectivity index (χ0) is 23.9. The summed E-state index contributed by atoms with van der Waals surface area (Å²) in [5.41, 5.74) is 5.51. The molecule has 0 spiro atoms. The maximum atomic E-state index is 5.32. The van der Waals surface area contributed by atoms with Gasteiger partial charge in [0.05, 0.1) is 22.2 Å². The first-order valence-corrected chi connectivity index (χ1v) is 13.1. The third-order valence-corrected chi connectivity index (χ3v) is 8.81. The van der Waals surface area contributed by atoms with E-state index >= 15 is 0 Å². The summed E-state index contributed by atoms with van der Waals surface area (Å²) in [6, 6.07) is 34.7. The van der Waals surface area contributed by atoms with Gasteiger partial charge in [-0.15, -0.1) is 11.3 Å². The molecular weight excluding hydrogens is 456 g/mol. The predicted octanol–water partition coefficient (Wildman–Crippen LogP) is 9.08. The molecule has 3 heteroatoms. The summed E-state index contributed by atoms with van der Waals surface area (Å²) in [5.74, 6) is 0. The maximum Gasteiger partial charge on any atom is 0.0720 e. The monoisotopic (exact) mass is 478 g/mol. The molecule has 3 heterocycles. The molecule has 1 aliphatic rings. The first kappa shape index (κ1) is 20.0. The molecular formula is C33H22N2S. The number of fused-ring (bicyclic) bond motifs is 8. The third-order valence-electron chi connectivity index (χ3n) is 7.61. The van der Waals surface area contributed by atoms with Gasteiger partial charge >= 0.3 is 0 Å². The van der Waals surface area contributed by atoms with E-state index in [9.17, 15) is 0 Å². The first-order chi connectivity index (χ1) is 17.7. The summed E-state index contributed by atoms with van der Waals surface area (Å²) in [7, 11) is 0. The predicted molar refractivity (Wildman–Crippen MR) is 155 cm³/mol. The first-order valence-electron chi connectivity index (χ1n) is 12.3. The number of thiophene rings is 1. The molecule has 3 aromatic heterocycles. The highest BCUT2D eigenvalue weighted by Gasteiger charge is 2.32. The van der Waals surface area contributed by atoms with E-state index in [0.29, 0.717) is 0 Å². The van der Waals surface area contributed by atoms with Crippen molar-refractivity contribution in [2.24, 2.45) is 0 Å². The molecule has 1 aliphatic carbocycles. The Hall–Kier alpha value is -4.21. The number of hydrogen-bond acceptors (Lipinski definition) is 2. The van der Waals surface area contributed by atoms with Crippen molar-refractivity contribution >= 4 is 69.9 Å². The zero-order valence-corrected chi connectivity index (χ0v) is 20.6. The number of hydrogen-bond donors (Lipinski definition) is 0. The molecule has 170 valence electrons. The van der Waals surface area contributed by atoms with E-state index in [1.54, 1.807) is 0 Å². The molecule has 0 saturated heterocycles. The Bertz CT molecular complexity index is 2020. The number of aromatic nitrogens is 2. The van der Waals surface area contributed by atoms with E-state index in [4.69, 9.17) is 4.98 Å². The van der Waals surface area contributed by atoms with Gasteiger partial charge < -0.3 is 4.57 Å². The van der Waals surface area contributed by atoms with E-state index in [0.717, 1.165) is 11.2 Å². The lowest BCUT2D eigenvalue weighted by Crippen LogP contribution is -2.16. The summed E-state index contributed by atoms with van der Waals surface area (Å²) in [6.45, 7) is 2.30. The van der Waals surface area contributed by atoms with E-state index in [1.165, 1.54) is 53.1 Å². The standard InChI is InChI=1S/C33H22N2S/c1-33(19-18-21(20-33)35-27-15-7-3-10-22(27)23-11-4-8-16-28(23)35)32-30-25-13-5-9-17-29(25)36-31(30)24-12-2-6-14-26(24)34-32/h2-20H,1H3/t33-/m1/s1. The van der Waals surface area contributed by atoms with Crippen molar-refractivity contribution in [1.29, 1.82) is 0 Å². The zero-order valence-electron chi connectivity index (χ0n) is 19.8. The van der Waals surface area contributed by atoms with Crippen LogP contribution < -0.4 is 0 Å². The fraction of sp³-hybridized carbons (Fsp3) is 0.0606. The average Bonchev–Trinajstić information content (AvgIpc) is 3.60. The van der Waals surface area contributed by atoms with E-state index in [-0.39, 0.29) is 5.41 Å². The van der Waals surface area contributed by atoms with Crippen LogP contribution in [0.25, 0.3) is 58.6 Å². The van der Waals surface area contributed by atoms with Crippen LogP contribution in [0.2, 0.25) is 0 Å². The van der Waals surface area contributed by atoms with Crippen molar-refractivity contribution in [3.05, 3.63) is 121 Å². The summed E-state index contributed by atoms with van der Waals surface area (Å²) >= 11 is 1.88. The van der Waals surface area contributed by atoms with Crippen molar-refractivity contribution in [3.8, 4) is 0 Å². The Labute approximate surface area is 212 Å². The minimum absolute atomic E-state index is 0.325. The minimum Gasteiger partial charge on any atom is -0.310 e. The van der Waals surface area contributed by atoms with Crippen LogP contribution in [0.5, 0.6) is 0 Å². The number of rotatable bonds is 2. The number of benzene rings is 4. The van der Waals surface area contributed by atoms with Crippen LogP contribution in [-0.4, -0.2) is 9.55 Å². The largest absolute Gasteiger partial charge is 0.310 e. The fourth-order valence-corrected chi connectivity index (χ4v) is 7.19. The molecule has 0 bridgehead atoms. The highest BCUT2D eigenvalue weighted by Crippen LogP contribution is 2.46. The van der Waals surface area contributed by atoms with E-state index in [1.807, 2.05) is 11.3 Å². The highest BCUT2D eigenvalue weighted by molar-refractivity contribution is 7.26. The average molecular weight is 479 g/mol. The Morgan fingerprint density at radius 3 is 2.06 bits per heavy atom. The Kier molecular flexibility index (Phi) is 3.98. The van der Waals surface area contributed by atoms with Crippen LogP contribution in [0.15, 0.2) is 115 Å². The summed E-state index contributed by atoms with van der Waals surface area (Å²) in [4.78, 5) is 5.32. The molecule has 0 aliphatic heterocycles. The molecule has 7 aromatic rings. The van der Waals surface area contributed by atoms with E-state index < -0.39 is 0 Å². The molecule has 8 rings (SSSR count). The topological polar surface area (TPSA) is 17.8 Å². The van der Waals surface area contributed by atoms with Crippen molar-refractivity contribution in [2.75, 3.05) is 0 Å².